The summed E-state index contributed by atoms with van der Waals surface area (Å²) in [4.78, 5) is 4.63. The van der Waals surface area contributed by atoms with Crippen LogP contribution in [0.25, 0.3) is 21.7 Å². The second-order valence-corrected chi connectivity index (χ2v) is 8.63. The van der Waals surface area contributed by atoms with E-state index in [-0.39, 0.29) is 5.82 Å². The van der Waals surface area contributed by atoms with Crippen LogP contribution in [0.15, 0.2) is 36.4 Å². The molecule has 32 heavy (non-hydrogen) atoms. The van der Waals surface area contributed by atoms with Crippen molar-refractivity contribution in [1.29, 1.82) is 0 Å². The maximum atomic E-state index is 15.1. The third kappa shape index (κ3) is 6.82. The highest BCUT2D eigenvalue weighted by Gasteiger charge is 2.12. The molecule has 0 atom stereocenters. The van der Waals surface area contributed by atoms with E-state index < -0.39 is 0 Å². The lowest BCUT2D eigenvalue weighted by molar-refractivity contribution is 0.291. The molecule has 0 fully saturated rings. The summed E-state index contributed by atoms with van der Waals surface area (Å²) in [5.74, 6) is 0.675. The lowest BCUT2D eigenvalue weighted by atomic mass is 10.0. The Morgan fingerprint density at radius 3 is 1.94 bits per heavy atom. The van der Waals surface area contributed by atoms with Crippen molar-refractivity contribution in [3.63, 3.8) is 0 Å². The Morgan fingerprint density at radius 1 is 0.625 bits per heavy atom. The highest BCUT2D eigenvalue weighted by Crippen LogP contribution is 2.32. The van der Waals surface area contributed by atoms with Gasteiger partial charge in [0.15, 0.2) is 11.6 Å². The summed E-state index contributed by atoms with van der Waals surface area (Å²) in [5.41, 5.74) is 0.821. The number of hydrogen-bond acceptors (Lipinski definition) is 3. The fourth-order valence-corrected chi connectivity index (χ4v) is 4.08. The number of fused-ring (bicyclic) bond motifs is 3. The van der Waals surface area contributed by atoms with E-state index in [1.54, 1.807) is 12.1 Å². The van der Waals surface area contributed by atoms with Gasteiger partial charge in [-0.1, -0.05) is 71.6 Å². The number of rotatable bonds is 15. The van der Waals surface area contributed by atoms with E-state index in [4.69, 9.17) is 9.47 Å². The number of nitrogens with zero attached hydrogens (tertiary/aromatic N) is 1. The van der Waals surface area contributed by atoms with Gasteiger partial charge in [0.05, 0.1) is 18.7 Å². The van der Waals surface area contributed by atoms with Crippen LogP contribution < -0.4 is 9.47 Å². The van der Waals surface area contributed by atoms with Crippen LogP contribution in [0, 0.1) is 5.82 Å². The fraction of sp³-hybridized carbons (Fsp3) is 0.536. The molecule has 0 aliphatic carbocycles. The van der Waals surface area contributed by atoms with E-state index in [1.165, 1.54) is 51.4 Å². The van der Waals surface area contributed by atoms with Crippen LogP contribution in [0.1, 0.15) is 84.5 Å². The van der Waals surface area contributed by atoms with Gasteiger partial charge in [-0.05, 0) is 48.6 Å². The lowest BCUT2D eigenvalue weighted by Gasteiger charge is -2.11. The Hall–Kier alpha value is -2.36. The van der Waals surface area contributed by atoms with Crippen molar-refractivity contribution in [2.45, 2.75) is 84.5 Å². The highest BCUT2D eigenvalue weighted by molar-refractivity contribution is 6.06. The zero-order valence-electron chi connectivity index (χ0n) is 19.8. The molecule has 1 heterocycles. The van der Waals surface area contributed by atoms with Crippen LogP contribution in [-0.4, -0.2) is 18.2 Å². The normalized spacial score (nSPS) is 11.3. The van der Waals surface area contributed by atoms with Crippen molar-refractivity contribution in [1.82, 2.24) is 4.98 Å². The Bertz CT molecular complexity index is 972. The zero-order valence-corrected chi connectivity index (χ0v) is 19.8. The molecule has 3 aromatic rings. The molecular weight excluding hydrogens is 401 g/mol. The maximum Gasteiger partial charge on any atom is 0.213 e. The third-order valence-corrected chi connectivity index (χ3v) is 5.99. The van der Waals surface area contributed by atoms with Crippen molar-refractivity contribution in [2.24, 2.45) is 0 Å². The summed E-state index contributed by atoms with van der Waals surface area (Å²) >= 11 is 0. The monoisotopic (exact) mass is 439 g/mol. The van der Waals surface area contributed by atoms with Gasteiger partial charge in [0.2, 0.25) is 5.88 Å². The number of pyridine rings is 1. The largest absolute Gasteiger partial charge is 0.490 e. The summed E-state index contributed by atoms with van der Waals surface area (Å²) in [7, 11) is 0. The van der Waals surface area contributed by atoms with Crippen LogP contribution in [-0.2, 0) is 0 Å². The van der Waals surface area contributed by atoms with Crippen molar-refractivity contribution in [3.8, 4) is 11.6 Å². The molecule has 0 saturated carbocycles. The molecule has 0 spiro atoms. The SMILES string of the molecule is CCCCCCCCOc1ccc2c(ccc3c(F)c(OCCCCCCC)ccc32)n1. The first-order valence-corrected chi connectivity index (χ1v) is 12.5. The van der Waals surface area contributed by atoms with Gasteiger partial charge >= 0.3 is 0 Å². The van der Waals surface area contributed by atoms with Gasteiger partial charge in [-0.25, -0.2) is 9.37 Å². The number of benzene rings is 2. The third-order valence-electron chi connectivity index (χ3n) is 5.99. The standard InChI is InChI=1S/C28H38FNO2/c1-3-5-7-9-11-13-21-32-27-19-16-23-22-15-18-26(31-20-12-10-8-6-4-2)28(29)24(22)14-17-25(23)30-27/h14-19H,3-13,20-21H2,1-2H3. The summed E-state index contributed by atoms with van der Waals surface area (Å²) in [5, 5.41) is 2.35. The van der Waals surface area contributed by atoms with Crippen molar-refractivity contribution >= 4 is 21.7 Å². The van der Waals surface area contributed by atoms with E-state index in [0.29, 0.717) is 30.2 Å². The van der Waals surface area contributed by atoms with Crippen LogP contribution in [0.2, 0.25) is 0 Å². The van der Waals surface area contributed by atoms with Gasteiger partial charge in [0, 0.05) is 16.8 Å². The average molecular weight is 440 g/mol. The van der Waals surface area contributed by atoms with Gasteiger partial charge in [0.25, 0.3) is 0 Å². The molecule has 0 aliphatic heterocycles. The molecule has 0 amide bonds. The second-order valence-electron chi connectivity index (χ2n) is 8.63. The first-order chi connectivity index (χ1) is 15.7. The smallest absolute Gasteiger partial charge is 0.213 e. The Morgan fingerprint density at radius 2 is 1.22 bits per heavy atom. The number of aromatic nitrogens is 1. The van der Waals surface area contributed by atoms with Crippen molar-refractivity contribution < 1.29 is 13.9 Å². The molecule has 1 aromatic heterocycles. The molecule has 0 bridgehead atoms. The fourth-order valence-electron chi connectivity index (χ4n) is 4.08. The van der Waals surface area contributed by atoms with E-state index in [9.17, 15) is 0 Å². The number of unbranched alkanes of at least 4 members (excludes halogenated alkanes) is 9. The Labute approximate surface area is 192 Å². The predicted molar refractivity (Wildman–Crippen MR) is 132 cm³/mol. The zero-order chi connectivity index (χ0) is 22.6. The summed E-state index contributed by atoms with van der Waals surface area (Å²) in [6.45, 7) is 5.67. The molecule has 174 valence electrons. The van der Waals surface area contributed by atoms with E-state index >= 15 is 4.39 Å². The minimum atomic E-state index is -0.290. The number of halogens is 1. The average Bonchev–Trinajstić information content (AvgIpc) is 2.81. The Kier molecular flexibility index (Phi) is 10.1. The van der Waals surface area contributed by atoms with Gasteiger partial charge in [0.1, 0.15) is 0 Å². The maximum absolute atomic E-state index is 15.1. The molecule has 0 aliphatic rings. The number of hydrogen-bond donors (Lipinski definition) is 0. The molecule has 0 N–H and O–H groups in total. The van der Waals surface area contributed by atoms with Gasteiger partial charge in [-0.2, -0.15) is 0 Å². The van der Waals surface area contributed by atoms with Gasteiger partial charge in [-0.3, -0.25) is 0 Å². The molecule has 0 saturated heterocycles. The molecule has 3 rings (SSSR count). The predicted octanol–water partition coefficient (Wildman–Crippen LogP) is 8.62. The quantitative estimate of drug-likeness (QED) is 0.175. The highest BCUT2D eigenvalue weighted by atomic mass is 19.1. The molecule has 0 unspecified atom stereocenters. The minimum absolute atomic E-state index is 0.290. The topological polar surface area (TPSA) is 31.4 Å². The molecule has 2 aromatic carbocycles. The van der Waals surface area contributed by atoms with Crippen LogP contribution in [0.4, 0.5) is 4.39 Å². The van der Waals surface area contributed by atoms with E-state index in [2.05, 4.69) is 18.8 Å². The minimum Gasteiger partial charge on any atom is -0.490 e. The summed E-state index contributed by atoms with van der Waals surface area (Å²) in [6.07, 6.45) is 13.2. The Balaban J connectivity index is 1.60. The van der Waals surface area contributed by atoms with E-state index in [0.717, 1.165) is 35.6 Å². The van der Waals surface area contributed by atoms with Gasteiger partial charge < -0.3 is 9.47 Å². The second kappa shape index (κ2) is 13.2. The first kappa shape index (κ1) is 24.3. The summed E-state index contributed by atoms with van der Waals surface area (Å²) < 4.78 is 26.6. The lowest BCUT2D eigenvalue weighted by Crippen LogP contribution is -2.00. The molecular formula is C28H38FNO2. The van der Waals surface area contributed by atoms with Crippen molar-refractivity contribution in [2.75, 3.05) is 13.2 Å². The first-order valence-electron chi connectivity index (χ1n) is 12.5. The summed E-state index contributed by atoms with van der Waals surface area (Å²) in [6, 6.07) is 11.2. The molecule has 4 heteroatoms. The van der Waals surface area contributed by atoms with E-state index in [1.807, 2.05) is 24.3 Å². The van der Waals surface area contributed by atoms with Gasteiger partial charge in [-0.15, -0.1) is 0 Å². The van der Waals surface area contributed by atoms with Crippen molar-refractivity contribution in [3.05, 3.63) is 42.2 Å². The number of ether oxygens (including phenoxy) is 2. The van der Waals surface area contributed by atoms with Crippen LogP contribution >= 0.6 is 0 Å². The molecule has 0 radical (unpaired) electrons. The van der Waals surface area contributed by atoms with Crippen LogP contribution in [0.5, 0.6) is 11.6 Å². The molecule has 3 nitrogen and oxygen atoms in total. The van der Waals surface area contributed by atoms with Crippen LogP contribution in [0.3, 0.4) is 0 Å².